The molecular formula is C13H22N2O. The Morgan fingerprint density at radius 1 is 1.38 bits per heavy atom. The van der Waals surface area contributed by atoms with E-state index in [2.05, 4.69) is 27.0 Å². The van der Waals surface area contributed by atoms with E-state index in [0.29, 0.717) is 6.54 Å². The molecule has 0 N–H and O–H groups in total. The highest BCUT2D eigenvalue weighted by atomic mass is 16.2. The normalized spacial score (nSPS) is 10.9. The van der Waals surface area contributed by atoms with Gasteiger partial charge in [-0.1, -0.05) is 0 Å². The molecule has 0 radical (unpaired) electrons. The lowest BCUT2D eigenvalue weighted by molar-refractivity contribution is -0.132. The van der Waals surface area contributed by atoms with Crippen LogP contribution in [0, 0.1) is 20.8 Å². The number of amides is 1. The van der Waals surface area contributed by atoms with Crippen LogP contribution < -0.4 is 0 Å². The summed E-state index contributed by atoms with van der Waals surface area (Å²) in [6.45, 7) is 10.7. The van der Waals surface area contributed by atoms with E-state index >= 15 is 0 Å². The molecule has 0 aliphatic heterocycles. The minimum Gasteiger partial charge on any atom is -0.342 e. The number of aryl methyl sites for hydroxylation is 1. The number of rotatable bonds is 3. The molecule has 3 heteroatoms. The Morgan fingerprint density at radius 3 is 2.31 bits per heavy atom. The third-order valence-corrected chi connectivity index (χ3v) is 3.39. The number of carbonyl (C=O) groups is 1. The molecule has 0 saturated heterocycles. The van der Waals surface area contributed by atoms with Gasteiger partial charge in [-0.15, -0.1) is 0 Å². The minimum atomic E-state index is 0.160. The van der Waals surface area contributed by atoms with E-state index in [9.17, 15) is 4.79 Å². The highest BCUT2D eigenvalue weighted by Gasteiger charge is 2.14. The van der Waals surface area contributed by atoms with E-state index in [0.717, 1.165) is 0 Å². The topological polar surface area (TPSA) is 25.2 Å². The Hall–Kier alpha value is -1.25. The smallest absolute Gasteiger partial charge is 0.242 e. The van der Waals surface area contributed by atoms with Gasteiger partial charge in [-0.2, -0.15) is 0 Å². The predicted octanol–water partition coefficient (Wildman–Crippen LogP) is 2.28. The SMILES string of the molecule is Cc1cn(CC(=O)N(C)C(C)C)c(C)c1C. The number of hydrogen-bond acceptors (Lipinski definition) is 1. The maximum atomic E-state index is 11.9. The van der Waals surface area contributed by atoms with Gasteiger partial charge >= 0.3 is 0 Å². The first-order chi connectivity index (χ1) is 7.34. The van der Waals surface area contributed by atoms with Gasteiger partial charge in [0.15, 0.2) is 0 Å². The molecule has 1 aromatic heterocycles. The summed E-state index contributed by atoms with van der Waals surface area (Å²) in [7, 11) is 1.85. The van der Waals surface area contributed by atoms with Gasteiger partial charge in [-0.25, -0.2) is 0 Å². The molecule has 3 nitrogen and oxygen atoms in total. The quantitative estimate of drug-likeness (QED) is 0.770. The first-order valence-corrected chi connectivity index (χ1v) is 5.73. The molecule has 1 heterocycles. The molecule has 1 rings (SSSR count). The number of hydrogen-bond donors (Lipinski definition) is 0. The Kier molecular flexibility index (Phi) is 3.79. The van der Waals surface area contributed by atoms with Crippen molar-refractivity contribution in [2.75, 3.05) is 7.05 Å². The van der Waals surface area contributed by atoms with Crippen LogP contribution in [0.2, 0.25) is 0 Å². The van der Waals surface area contributed by atoms with Crippen molar-refractivity contribution in [2.45, 2.75) is 47.2 Å². The van der Waals surface area contributed by atoms with Crippen molar-refractivity contribution in [2.24, 2.45) is 0 Å². The first-order valence-electron chi connectivity index (χ1n) is 5.73. The predicted molar refractivity (Wildman–Crippen MR) is 66.5 cm³/mol. The van der Waals surface area contributed by atoms with Crippen LogP contribution in [0.15, 0.2) is 6.20 Å². The van der Waals surface area contributed by atoms with Gasteiger partial charge in [-0.05, 0) is 45.7 Å². The van der Waals surface area contributed by atoms with Crippen LogP contribution in [0.1, 0.15) is 30.7 Å². The van der Waals surface area contributed by atoms with Crippen molar-refractivity contribution >= 4 is 5.91 Å². The van der Waals surface area contributed by atoms with Gasteiger partial charge in [0.1, 0.15) is 6.54 Å². The lowest BCUT2D eigenvalue weighted by Gasteiger charge is -2.22. The third kappa shape index (κ3) is 2.46. The molecule has 0 spiro atoms. The molecule has 1 aromatic rings. The van der Waals surface area contributed by atoms with E-state index in [-0.39, 0.29) is 11.9 Å². The second kappa shape index (κ2) is 4.73. The van der Waals surface area contributed by atoms with E-state index in [1.807, 2.05) is 25.5 Å². The monoisotopic (exact) mass is 222 g/mol. The lowest BCUT2D eigenvalue weighted by Crippen LogP contribution is -2.35. The summed E-state index contributed by atoms with van der Waals surface area (Å²) in [6.07, 6.45) is 2.05. The van der Waals surface area contributed by atoms with Crippen molar-refractivity contribution in [1.29, 1.82) is 0 Å². The summed E-state index contributed by atoms with van der Waals surface area (Å²) in [5.41, 5.74) is 3.71. The average molecular weight is 222 g/mol. The fourth-order valence-electron chi connectivity index (χ4n) is 1.64. The van der Waals surface area contributed by atoms with Crippen LogP contribution >= 0.6 is 0 Å². The van der Waals surface area contributed by atoms with Gasteiger partial charge in [-0.3, -0.25) is 4.79 Å². The molecule has 0 atom stereocenters. The zero-order valence-corrected chi connectivity index (χ0v) is 11.2. The second-order valence-corrected chi connectivity index (χ2v) is 4.75. The van der Waals surface area contributed by atoms with Gasteiger partial charge < -0.3 is 9.47 Å². The van der Waals surface area contributed by atoms with Gasteiger partial charge in [0.2, 0.25) is 5.91 Å². The molecule has 0 unspecified atom stereocenters. The van der Waals surface area contributed by atoms with Crippen molar-refractivity contribution in [3.63, 3.8) is 0 Å². The van der Waals surface area contributed by atoms with Crippen LogP contribution in [0.3, 0.4) is 0 Å². The van der Waals surface area contributed by atoms with Crippen molar-refractivity contribution < 1.29 is 4.79 Å². The Bertz CT molecular complexity index is 391. The van der Waals surface area contributed by atoms with Crippen molar-refractivity contribution in [3.8, 4) is 0 Å². The summed E-state index contributed by atoms with van der Waals surface area (Å²) in [4.78, 5) is 13.7. The standard InChI is InChI=1S/C13H22N2O/c1-9(2)14(6)13(16)8-15-7-10(3)11(4)12(15)5/h7,9H,8H2,1-6H3. The van der Waals surface area contributed by atoms with Gasteiger partial charge in [0.05, 0.1) is 0 Å². The summed E-state index contributed by atoms with van der Waals surface area (Å²) in [5.74, 6) is 0.160. The lowest BCUT2D eigenvalue weighted by atomic mass is 10.2. The maximum absolute atomic E-state index is 11.9. The van der Waals surface area contributed by atoms with E-state index in [4.69, 9.17) is 0 Å². The Balaban J connectivity index is 2.81. The van der Waals surface area contributed by atoms with E-state index in [1.165, 1.54) is 16.8 Å². The molecule has 0 aliphatic carbocycles. The Morgan fingerprint density at radius 2 is 1.94 bits per heavy atom. The molecule has 0 aromatic carbocycles. The Labute approximate surface area is 98.1 Å². The van der Waals surface area contributed by atoms with Crippen LogP contribution in [-0.4, -0.2) is 28.5 Å². The maximum Gasteiger partial charge on any atom is 0.242 e. The van der Waals surface area contributed by atoms with Crippen LogP contribution in [-0.2, 0) is 11.3 Å². The summed E-state index contributed by atoms with van der Waals surface area (Å²) in [5, 5.41) is 0. The summed E-state index contributed by atoms with van der Waals surface area (Å²) in [6, 6.07) is 0.255. The van der Waals surface area contributed by atoms with E-state index < -0.39 is 0 Å². The zero-order chi connectivity index (χ0) is 12.5. The highest BCUT2D eigenvalue weighted by Crippen LogP contribution is 2.14. The molecule has 0 fully saturated rings. The third-order valence-electron chi connectivity index (χ3n) is 3.39. The van der Waals surface area contributed by atoms with Gasteiger partial charge in [0.25, 0.3) is 0 Å². The van der Waals surface area contributed by atoms with Crippen LogP contribution in [0.5, 0.6) is 0 Å². The highest BCUT2D eigenvalue weighted by molar-refractivity contribution is 5.76. The van der Waals surface area contributed by atoms with Gasteiger partial charge in [0, 0.05) is 25.0 Å². The molecule has 0 bridgehead atoms. The van der Waals surface area contributed by atoms with E-state index in [1.54, 1.807) is 4.90 Å². The largest absolute Gasteiger partial charge is 0.342 e. The number of aromatic nitrogens is 1. The molecule has 16 heavy (non-hydrogen) atoms. The van der Waals surface area contributed by atoms with Crippen LogP contribution in [0.4, 0.5) is 0 Å². The van der Waals surface area contributed by atoms with Crippen molar-refractivity contribution in [1.82, 2.24) is 9.47 Å². The number of carbonyl (C=O) groups excluding carboxylic acids is 1. The molecule has 90 valence electrons. The average Bonchev–Trinajstić information content (AvgIpc) is 2.45. The van der Waals surface area contributed by atoms with Crippen LogP contribution in [0.25, 0.3) is 0 Å². The second-order valence-electron chi connectivity index (χ2n) is 4.75. The fraction of sp³-hybridized carbons (Fsp3) is 0.615. The minimum absolute atomic E-state index is 0.160. The fourth-order valence-corrected chi connectivity index (χ4v) is 1.64. The molecular weight excluding hydrogens is 200 g/mol. The molecule has 0 saturated carbocycles. The summed E-state index contributed by atoms with van der Waals surface area (Å²) >= 11 is 0. The first kappa shape index (κ1) is 12.8. The summed E-state index contributed by atoms with van der Waals surface area (Å²) < 4.78 is 2.03. The van der Waals surface area contributed by atoms with Crippen molar-refractivity contribution in [3.05, 3.63) is 23.0 Å². The molecule has 1 amide bonds. The number of nitrogens with zero attached hydrogens (tertiary/aromatic N) is 2. The number of likely N-dealkylation sites (N-methyl/N-ethyl adjacent to an activating group) is 1. The zero-order valence-electron chi connectivity index (χ0n) is 11.2. The molecule has 0 aliphatic rings.